The second-order valence-corrected chi connectivity index (χ2v) is 8.62. The number of nitrogens with zero attached hydrogens (tertiary/aromatic N) is 4. The maximum absolute atomic E-state index is 13.3. The number of likely N-dealkylation sites (tertiary alicyclic amines) is 2. The Bertz CT molecular complexity index is 607. The molecule has 1 atom stereocenters. The molecule has 0 aromatic carbocycles. The van der Waals surface area contributed by atoms with E-state index in [0.717, 1.165) is 51.5 Å². The summed E-state index contributed by atoms with van der Waals surface area (Å²) in [5.74, 6) is 1.21. The predicted molar refractivity (Wildman–Crippen MR) is 97.9 cm³/mol. The zero-order chi connectivity index (χ0) is 17.3. The average Bonchev–Trinajstić information content (AvgIpc) is 3.21. The normalized spacial score (nSPS) is 29.0. The van der Waals surface area contributed by atoms with Crippen LogP contribution in [0.2, 0.25) is 0 Å². The van der Waals surface area contributed by atoms with E-state index in [0.29, 0.717) is 5.91 Å². The molecular formula is C20H32N4O. The summed E-state index contributed by atoms with van der Waals surface area (Å²) in [7, 11) is 1.96. The van der Waals surface area contributed by atoms with E-state index >= 15 is 0 Å². The Hall–Kier alpha value is -1.36. The molecule has 5 heteroatoms. The van der Waals surface area contributed by atoms with E-state index in [9.17, 15) is 4.79 Å². The number of rotatable bonds is 4. The number of aromatic nitrogens is 2. The Morgan fingerprint density at radius 3 is 2.76 bits per heavy atom. The van der Waals surface area contributed by atoms with Crippen molar-refractivity contribution in [1.82, 2.24) is 19.6 Å². The number of carbonyl (C=O) groups is 1. The van der Waals surface area contributed by atoms with Crippen LogP contribution in [0.25, 0.3) is 0 Å². The minimum atomic E-state index is -0.102. The van der Waals surface area contributed by atoms with Crippen LogP contribution in [-0.2, 0) is 18.4 Å². The van der Waals surface area contributed by atoms with Crippen LogP contribution >= 0.6 is 0 Å². The third kappa shape index (κ3) is 3.62. The maximum Gasteiger partial charge on any atom is 0.230 e. The molecule has 3 heterocycles. The summed E-state index contributed by atoms with van der Waals surface area (Å²) in [5, 5.41) is 4.27. The summed E-state index contributed by atoms with van der Waals surface area (Å²) in [6.45, 7) is 4.90. The monoisotopic (exact) mass is 344 g/mol. The van der Waals surface area contributed by atoms with Crippen molar-refractivity contribution in [3.05, 3.63) is 18.0 Å². The standard InChI is InChI=1S/C20H32N4O/c1-22-13-18(12-21-22)14-23-11-9-20(16-23)8-5-10-24(19(20)25)15-17-6-3-2-4-7-17/h12-13,17H,2-11,14-16H2,1H3. The summed E-state index contributed by atoms with van der Waals surface area (Å²) in [6.07, 6.45) is 14.1. The fraction of sp³-hybridized carbons (Fsp3) is 0.800. The fourth-order valence-electron chi connectivity index (χ4n) is 5.29. The molecule has 0 radical (unpaired) electrons. The quantitative estimate of drug-likeness (QED) is 0.843. The maximum atomic E-state index is 13.3. The molecule has 138 valence electrons. The van der Waals surface area contributed by atoms with Gasteiger partial charge in [0, 0.05) is 45.0 Å². The largest absolute Gasteiger partial charge is 0.342 e. The number of piperidine rings is 1. The highest BCUT2D eigenvalue weighted by atomic mass is 16.2. The van der Waals surface area contributed by atoms with Gasteiger partial charge in [-0.3, -0.25) is 14.4 Å². The molecule has 1 saturated carbocycles. The molecule has 1 spiro atoms. The number of amides is 1. The van der Waals surface area contributed by atoms with Crippen LogP contribution in [0.1, 0.15) is 56.9 Å². The molecular weight excluding hydrogens is 312 g/mol. The molecule has 4 rings (SSSR count). The van der Waals surface area contributed by atoms with E-state index in [1.807, 2.05) is 17.9 Å². The predicted octanol–water partition coefficient (Wildman–Crippen LogP) is 2.81. The van der Waals surface area contributed by atoms with Crippen molar-refractivity contribution in [2.24, 2.45) is 18.4 Å². The Morgan fingerprint density at radius 2 is 2.00 bits per heavy atom. The van der Waals surface area contributed by atoms with Gasteiger partial charge in [0.1, 0.15) is 0 Å². The van der Waals surface area contributed by atoms with Crippen LogP contribution in [0.15, 0.2) is 12.4 Å². The van der Waals surface area contributed by atoms with Gasteiger partial charge in [-0.2, -0.15) is 5.10 Å². The van der Waals surface area contributed by atoms with E-state index < -0.39 is 0 Å². The first-order chi connectivity index (χ1) is 12.1. The lowest BCUT2D eigenvalue weighted by Crippen LogP contribution is -2.51. The highest BCUT2D eigenvalue weighted by Crippen LogP contribution is 2.41. The van der Waals surface area contributed by atoms with E-state index in [4.69, 9.17) is 0 Å². The zero-order valence-corrected chi connectivity index (χ0v) is 15.6. The van der Waals surface area contributed by atoms with Gasteiger partial charge in [0.2, 0.25) is 5.91 Å². The van der Waals surface area contributed by atoms with E-state index in [-0.39, 0.29) is 5.41 Å². The number of hydrogen-bond acceptors (Lipinski definition) is 3. The Balaban J connectivity index is 1.38. The molecule has 25 heavy (non-hydrogen) atoms. The van der Waals surface area contributed by atoms with Crippen LogP contribution in [0.3, 0.4) is 0 Å². The van der Waals surface area contributed by atoms with Gasteiger partial charge in [-0.25, -0.2) is 0 Å². The summed E-state index contributed by atoms with van der Waals surface area (Å²) in [4.78, 5) is 18.0. The van der Waals surface area contributed by atoms with E-state index in [1.54, 1.807) is 0 Å². The van der Waals surface area contributed by atoms with Crippen molar-refractivity contribution in [2.45, 2.75) is 57.9 Å². The number of carbonyl (C=O) groups excluding carboxylic acids is 1. The molecule has 1 aliphatic carbocycles. The third-order valence-corrected chi connectivity index (χ3v) is 6.62. The van der Waals surface area contributed by atoms with E-state index in [2.05, 4.69) is 21.1 Å². The zero-order valence-electron chi connectivity index (χ0n) is 15.6. The van der Waals surface area contributed by atoms with Crippen LogP contribution in [0, 0.1) is 11.3 Å². The van der Waals surface area contributed by atoms with Gasteiger partial charge >= 0.3 is 0 Å². The molecule has 2 aliphatic heterocycles. The first-order valence-electron chi connectivity index (χ1n) is 10.1. The van der Waals surface area contributed by atoms with Gasteiger partial charge in [0.05, 0.1) is 11.6 Å². The topological polar surface area (TPSA) is 41.4 Å². The molecule has 0 N–H and O–H groups in total. The summed E-state index contributed by atoms with van der Waals surface area (Å²) >= 11 is 0. The highest BCUT2D eigenvalue weighted by Gasteiger charge is 2.48. The van der Waals surface area contributed by atoms with E-state index in [1.165, 1.54) is 44.1 Å². The molecule has 1 aromatic rings. The lowest BCUT2D eigenvalue weighted by molar-refractivity contribution is -0.146. The van der Waals surface area contributed by atoms with Crippen molar-refractivity contribution in [3.63, 3.8) is 0 Å². The minimum absolute atomic E-state index is 0.102. The molecule has 1 unspecified atom stereocenters. The van der Waals surface area contributed by atoms with Crippen LogP contribution in [0.5, 0.6) is 0 Å². The lowest BCUT2D eigenvalue weighted by Gasteiger charge is -2.41. The summed E-state index contributed by atoms with van der Waals surface area (Å²) < 4.78 is 1.86. The number of hydrogen-bond donors (Lipinski definition) is 0. The van der Waals surface area contributed by atoms with Gasteiger partial charge in [-0.15, -0.1) is 0 Å². The first kappa shape index (κ1) is 17.1. The van der Waals surface area contributed by atoms with Gasteiger partial charge < -0.3 is 4.90 Å². The lowest BCUT2D eigenvalue weighted by atomic mass is 9.77. The first-order valence-corrected chi connectivity index (χ1v) is 10.1. The summed E-state index contributed by atoms with van der Waals surface area (Å²) in [5.41, 5.74) is 1.15. The minimum Gasteiger partial charge on any atom is -0.342 e. The molecule has 3 fully saturated rings. The van der Waals surface area contributed by atoms with Crippen molar-refractivity contribution in [2.75, 3.05) is 26.2 Å². The van der Waals surface area contributed by atoms with Crippen molar-refractivity contribution < 1.29 is 4.79 Å². The molecule has 0 bridgehead atoms. The van der Waals surface area contributed by atoms with Crippen molar-refractivity contribution in [3.8, 4) is 0 Å². The molecule has 1 amide bonds. The van der Waals surface area contributed by atoms with Gasteiger partial charge in [-0.1, -0.05) is 19.3 Å². The van der Waals surface area contributed by atoms with Crippen LogP contribution < -0.4 is 0 Å². The summed E-state index contributed by atoms with van der Waals surface area (Å²) in [6, 6.07) is 0. The van der Waals surface area contributed by atoms with Gasteiger partial charge in [0.15, 0.2) is 0 Å². The van der Waals surface area contributed by atoms with Gasteiger partial charge in [-0.05, 0) is 44.6 Å². The molecule has 2 saturated heterocycles. The molecule has 3 aliphatic rings. The third-order valence-electron chi connectivity index (χ3n) is 6.62. The van der Waals surface area contributed by atoms with Crippen molar-refractivity contribution >= 4 is 5.91 Å². The Morgan fingerprint density at radius 1 is 1.16 bits per heavy atom. The fourth-order valence-corrected chi connectivity index (χ4v) is 5.29. The van der Waals surface area contributed by atoms with Crippen LogP contribution in [0.4, 0.5) is 0 Å². The number of aryl methyl sites for hydroxylation is 1. The smallest absolute Gasteiger partial charge is 0.230 e. The van der Waals surface area contributed by atoms with Gasteiger partial charge in [0.25, 0.3) is 0 Å². The van der Waals surface area contributed by atoms with Crippen molar-refractivity contribution in [1.29, 1.82) is 0 Å². The highest BCUT2D eigenvalue weighted by molar-refractivity contribution is 5.84. The Labute approximate surface area is 151 Å². The Kier molecular flexibility index (Phi) is 4.85. The molecule has 5 nitrogen and oxygen atoms in total. The SMILES string of the molecule is Cn1cc(CN2CCC3(CCCN(CC4CCCCC4)C3=O)C2)cn1. The second-order valence-electron chi connectivity index (χ2n) is 8.62. The molecule has 1 aromatic heterocycles. The second kappa shape index (κ2) is 7.10. The average molecular weight is 345 g/mol. The van der Waals surface area contributed by atoms with Crippen LogP contribution in [-0.4, -0.2) is 51.7 Å².